The Morgan fingerprint density at radius 1 is 1.20 bits per heavy atom. The van der Waals surface area contributed by atoms with Gasteiger partial charge in [0.1, 0.15) is 16.8 Å². The molecular weight excluding hydrogens is 354 g/mol. The number of furan rings is 1. The number of hydrogen-bond acceptors (Lipinski definition) is 6. The van der Waals surface area contributed by atoms with Gasteiger partial charge in [-0.05, 0) is 35.0 Å². The lowest BCUT2D eigenvalue weighted by atomic mass is 10.3. The third kappa shape index (κ3) is 5.03. The van der Waals surface area contributed by atoms with Crippen LogP contribution in [0, 0.1) is 11.3 Å². The van der Waals surface area contributed by atoms with Gasteiger partial charge in [-0.3, -0.25) is 9.69 Å². The van der Waals surface area contributed by atoms with Crippen molar-refractivity contribution in [3.63, 3.8) is 0 Å². The Morgan fingerprint density at radius 3 is 2.84 bits per heavy atom. The van der Waals surface area contributed by atoms with Crippen molar-refractivity contribution in [3.05, 3.63) is 63.6 Å². The molecule has 128 valence electrons. The van der Waals surface area contributed by atoms with Crippen LogP contribution in [-0.4, -0.2) is 17.4 Å². The zero-order valence-electron chi connectivity index (χ0n) is 13.5. The molecule has 3 rings (SSSR count). The Balaban J connectivity index is 1.57. The van der Waals surface area contributed by atoms with Gasteiger partial charge in [0.2, 0.25) is 5.91 Å². The van der Waals surface area contributed by atoms with Crippen LogP contribution in [-0.2, 0) is 17.9 Å². The van der Waals surface area contributed by atoms with Crippen molar-refractivity contribution >= 4 is 33.6 Å². The van der Waals surface area contributed by atoms with Crippen LogP contribution < -0.4 is 5.32 Å². The average Bonchev–Trinajstić information content (AvgIpc) is 3.35. The molecule has 0 aromatic carbocycles. The van der Waals surface area contributed by atoms with Crippen molar-refractivity contribution in [1.29, 1.82) is 5.26 Å². The molecule has 0 spiro atoms. The highest BCUT2D eigenvalue weighted by atomic mass is 32.1. The van der Waals surface area contributed by atoms with Gasteiger partial charge >= 0.3 is 0 Å². The van der Waals surface area contributed by atoms with Gasteiger partial charge < -0.3 is 9.73 Å². The highest BCUT2D eigenvalue weighted by molar-refractivity contribution is 7.14. The number of carbonyl (C=O) groups is 1. The van der Waals surface area contributed by atoms with Gasteiger partial charge in [0.15, 0.2) is 0 Å². The van der Waals surface area contributed by atoms with E-state index in [0.29, 0.717) is 30.1 Å². The molecule has 25 heavy (non-hydrogen) atoms. The van der Waals surface area contributed by atoms with Crippen LogP contribution in [0.3, 0.4) is 0 Å². The summed E-state index contributed by atoms with van der Waals surface area (Å²) in [5, 5.41) is 16.3. The lowest BCUT2D eigenvalue weighted by molar-refractivity contribution is -0.116. The summed E-state index contributed by atoms with van der Waals surface area (Å²) < 4.78 is 5.43. The van der Waals surface area contributed by atoms with Gasteiger partial charge in [-0.15, -0.1) is 22.7 Å². The molecule has 3 aromatic heterocycles. The van der Waals surface area contributed by atoms with Gasteiger partial charge in [-0.2, -0.15) is 5.26 Å². The molecule has 0 aliphatic heterocycles. The summed E-state index contributed by atoms with van der Waals surface area (Å²) in [7, 11) is 0. The summed E-state index contributed by atoms with van der Waals surface area (Å²) in [4.78, 5) is 15.7. The van der Waals surface area contributed by atoms with Crippen molar-refractivity contribution in [2.45, 2.75) is 19.5 Å². The fourth-order valence-corrected chi connectivity index (χ4v) is 3.90. The third-order valence-electron chi connectivity index (χ3n) is 3.61. The first-order valence-electron chi connectivity index (χ1n) is 7.79. The van der Waals surface area contributed by atoms with Crippen molar-refractivity contribution < 1.29 is 9.21 Å². The first-order chi connectivity index (χ1) is 12.2. The fraction of sp³-hybridized carbons (Fsp3) is 0.222. The van der Waals surface area contributed by atoms with Gasteiger partial charge in [0, 0.05) is 24.4 Å². The number of carbonyl (C=O) groups excluding carboxylic acids is 1. The third-order valence-corrected chi connectivity index (χ3v) is 5.30. The van der Waals surface area contributed by atoms with E-state index >= 15 is 0 Å². The molecule has 0 saturated carbocycles. The molecule has 3 heterocycles. The van der Waals surface area contributed by atoms with Gasteiger partial charge in [-0.25, -0.2) is 0 Å². The van der Waals surface area contributed by atoms with Crippen LogP contribution in [0.5, 0.6) is 0 Å². The van der Waals surface area contributed by atoms with E-state index in [9.17, 15) is 4.79 Å². The lowest BCUT2D eigenvalue weighted by Crippen LogP contribution is -2.27. The first-order valence-corrected chi connectivity index (χ1v) is 9.55. The van der Waals surface area contributed by atoms with E-state index in [-0.39, 0.29) is 5.91 Å². The summed E-state index contributed by atoms with van der Waals surface area (Å²) >= 11 is 3.06. The zero-order valence-corrected chi connectivity index (χ0v) is 15.1. The maximum atomic E-state index is 12.2. The molecule has 0 aliphatic rings. The molecule has 0 bridgehead atoms. The molecule has 5 nitrogen and oxygen atoms in total. The summed E-state index contributed by atoms with van der Waals surface area (Å²) in [6, 6.07) is 11.7. The fourth-order valence-electron chi connectivity index (χ4n) is 2.40. The zero-order chi connectivity index (χ0) is 17.5. The predicted molar refractivity (Wildman–Crippen MR) is 99.4 cm³/mol. The standard InChI is InChI=1S/C18H17N3O2S2/c19-11-14-6-10-25-18(14)20-17(22)5-7-21(12-15-3-1-8-23-15)13-16-4-2-9-24-16/h1-4,6,8-10H,5,7,12-13H2,(H,20,22). The molecule has 0 saturated heterocycles. The average molecular weight is 371 g/mol. The minimum Gasteiger partial charge on any atom is -0.468 e. The second kappa shape index (κ2) is 8.62. The van der Waals surface area contributed by atoms with Gasteiger partial charge in [0.05, 0.1) is 18.4 Å². The van der Waals surface area contributed by atoms with Crippen LogP contribution in [0.15, 0.2) is 51.8 Å². The van der Waals surface area contributed by atoms with Crippen LogP contribution in [0.25, 0.3) is 0 Å². The van der Waals surface area contributed by atoms with Crippen molar-refractivity contribution in [1.82, 2.24) is 4.90 Å². The number of nitriles is 1. The molecule has 1 amide bonds. The molecule has 0 radical (unpaired) electrons. The monoisotopic (exact) mass is 371 g/mol. The Labute approximate surface area is 154 Å². The summed E-state index contributed by atoms with van der Waals surface area (Å²) in [5.74, 6) is 0.788. The molecule has 0 atom stereocenters. The Hall–Kier alpha value is -2.40. The van der Waals surface area contributed by atoms with Crippen LogP contribution in [0.4, 0.5) is 5.00 Å². The normalized spacial score (nSPS) is 10.7. The Bertz CT molecular complexity index is 796. The molecule has 0 aliphatic carbocycles. The van der Waals surface area contributed by atoms with E-state index in [4.69, 9.17) is 9.68 Å². The van der Waals surface area contributed by atoms with Crippen LogP contribution >= 0.6 is 22.7 Å². The number of thiophene rings is 2. The maximum absolute atomic E-state index is 12.2. The largest absolute Gasteiger partial charge is 0.468 e. The van der Waals surface area contributed by atoms with E-state index < -0.39 is 0 Å². The van der Waals surface area contributed by atoms with Crippen molar-refractivity contribution in [3.8, 4) is 6.07 Å². The van der Waals surface area contributed by atoms with Gasteiger partial charge in [-0.1, -0.05) is 6.07 Å². The number of rotatable bonds is 8. The Morgan fingerprint density at radius 2 is 2.12 bits per heavy atom. The SMILES string of the molecule is N#Cc1ccsc1NC(=O)CCN(Cc1ccco1)Cc1cccs1. The number of nitrogens with one attached hydrogen (secondary N) is 1. The summed E-state index contributed by atoms with van der Waals surface area (Å²) in [6.07, 6.45) is 2.01. The summed E-state index contributed by atoms with van der Waals surface area (Å²) in [6.45, 7) is 2.03. The maximum Gasteiger partial charge on any atom is 0.226 e. The van der Waals surface area contributed by atoms with E-state index in [2.05, 4.69) is 22.4 Å². The van der Waals surface area contributed by atoms with E-state index in [1.54, 1.807) is 29.0 Å². The predicted octanol–water partition coefficient (Wildman–Crippen LogP) is 4.31. The molecule has 0 unspecified atom stereocenters. The second-order valence-corrected chi connectivity index (χ2v) is 7.39. The van der Waals surface area contributed by atoms with Crippen LogP contribution in [0.1, 0.15) is 22.6 Å². The quantitative estimate of drug-likeness (QED) is 0.641. The first kappa shape index (κ1) is 17.4. The van der Waals surface area contributed by atoms with E-state index in [1.165, 1.54) is 16.2 Å². The second-order valence-electron chi connectivity index (χ2n) is 5.44. The number of anilines is 1. The summed E-state index contributed by atoms with van der Waals surface area (Å²) in [5.41, 5.74) is 0.504. The molecule has 3 aromatic rings. The topological polar surface area (TPSA) is 69.3 Å². The molecule has 0 fully saturated rings. The smallest absolute Gasteiger partial charge is 0.226 e. The minimum absolute atomic E-state index is 0.0884. The highest BCUT2D eigenvalue weighted by Gasteiger charge is 2.13. The number of nitrogens with zero attached hydrogens (tertiary/aromatic N) is 2. The highest BCUT2D eigenvalue weighted by Crippen LogP contribution is 2.22. The number of hydrogen-bond donors (Lipinski definition) is 1. The van der Waals surface area contributed by atoms with Crippen LogP contribution in [0.2, 0.25) is 0 Å². The number of amides is 1. The van der Waals surface area contributed by atoms with E-state index in [0.717, 1.165) is 12.3 Å². The van der Waals surface area contributed by atoms with Gasteiger partial charge in [0.25, 0.3) is 0 Å². The molecular formula is C18H17N3O2S2. The lowest BCUT2D eigenvalue weighted by Gasteiger charge is -2.20. The van der Waals surface area contributed by atoms with E-state index in [1.807, 2.05) is 23.6 Å². The molecule has 7 heteroatoms. The molecule has 1 N–H and O–H groups in total. The van der Waals surface area contributed by atoms with Crippen molar-refractivity contribution in [2.75, 3.05) is 11.9 Å². The minimum atomic E-state index is -0.0884. The Kier molecular flexibility index (Phi) is 6.01. The van der Waals surface area contributed by atoms with Crippen molar-refractivity contribution in [2.24, 2.45) is 0 Å².